The molecule has 2 rings (SSSR count). The lowest BCUT2D eigenvalue weighted by Crippen LogP contribution is -2.46. The van der Waals surface area contributed by atoms with Crippen LogP contribution >= 0.6 is 12.4 Å². The summed E-state index contributed by atoms with van der Waals surface area (Å²) in [6.07, 6.45) is 6.53. The molecular weight excluding hydrogens is 318 g/mol. The standard InChI is InChI=1S/C16H29N3O3.ClH/c17-8-4-12-22-14-6-10-18(11-7-14)16(21)13-19-9-3-1-2-5-15(19)20;/h14H,1-13,17H2;1H. The zero-order valence-electron chi connectivity index (χ0n) is 13.9. The summed E-state index contributed by atoms with van der Waals surface area (Å²) in [6, 6.07) is 0. The van der Waals surface area contributed by atoms with Crippen LogP contribution in [0.1, 0.15) is 44.9 Å². The third kappa shape index (κ3) is 6.65. The van der Waals surface area contributed by atoms with Crippen LogP contribution in [-0.2, 0) is 14.3 Å². The highest BCUT2D eigenvalue weighted by Crippen LogP contribution is 2.16. The Balaban J connectivity index is 0.00000264. The fourth-order valence-electron chi connectivity index (χ4n) is 3.07. The lowest BCUT2D eigenvalue weighted by molar-refractivity contribution is -0.141. The van der Waals surface area contributed by atoms with Crippen molar-refractivity contribution in [1.29, 1.82) is 0 Å². The monoisotopic (exact) mass is 347 g/mol. The first-order valence-electron chi connectivity index (χ1n) is 8.58. The Morgan fingerprint density at radius 2 is 1.91 bits per heavy atom. The average molecular weight is 348 g/mol. The number of ether oxygens (including phenoxy) is 1. The van der Waals surface area contributed by atoms with Crippen LogP contribution in [0.5, 0.6) is 0 Å². The number of carbonyl (C=O) groups excluding carboxylic acids is 2. The zero-order chi connectivity index (χ0) is 15.8. The normalized spacial score (nSPS) is 20.1. The van der Waals surface area contributed by atoms with Crippen molar-refractivity contribution in [3.8, 4) is 0 Å². The van der Waals surface area contributed by atoms with E-state index in [0.717, 1.165) is 58.2 Å². The molecule has 2 fully saturated rings. The average Bonchev–Trinajstić information content (AvgIpc) is 2.73. The summed E-state index contributed by atoms with van der Waals surface area (Å²) in [6.45, 7) is 3.79. The molecule has 0 bridgehead atoms. The van der Waals surface area contributed by atoms with E-state index in [1.807, 2.05) is 4.90 Å². The minimum atomic E-state index is 0. The summed E-state index contributed by atoms with van der Waals surface area (Å²) >= 11 is 0. The Bertz CT molecular complexity index is 374. The summed E-state index contributed by atoms with van der Waals surface area (Å²) in [5.41, 5.74) is 5.45. The summed E-state index contributed by atoms with van der Waals surface area (Å²) in [5, 5.41) is 0. The van der Waals surface area contributed by atoms with Gasteiger partial charge in [-0.25, -0.2) is 0 Å². The highest BCUT2D eigenvalue weighted by Gasteiger charge is 2.26. The van der Waals surface area contributed by atoms with E-state index in [0.29, 0.717) is 19.6 Å². The van der Waals surface area contributed by atoms with Crippen molar-refractivity contribution in [3.05, 3.63) is 0 Å². The molecule has 134 valence electrons. The van der Waals surface area contributed by atoms with E-state index in [1.165, 1.54) is 0 Å². The van der Waals surface area contributed by atoms with Gasteiger partial charge in [-0.15, -0.1) is 12.4 Å². The van der Waals surface area contributed by atoms with Crippen LogP contribution in [0.25, 0.3) is 0 Å². The highest BCUT2D eigenvalue weighted by atomic mass is 35.5. The molecule has 2 amide bonds. The third-order valence-corrected chi connectivity index (χ3v) is 4.49. The second kappa shape index (κ2) is 10.8. The predicted molar refractivity (Wildman–Crippen MR) is 91.5 cm³/mol. The number of hydrogen-bond acceptors (Lipinski definition) is 4. The maximum atomic E-state index is 12.4. The molecule has 2 saturated heterocycles. The van der Waals surface area contributed by atoms with Crippen LogP contribution in [0.4, 0.5) is 0 Å². The van der Waals surface area contributed by atoms with Gasteiger partial charge in [-0.1, -0.05) is 6.42 Å². The van der Waals surface area contributed by atoms with E-state index in [1.54, 1.807) is 4.90 Å². The fourth-order valence-corrected chi connectivity index (χ4v) is 3.07. The number of nitrogens with two attached hydrogens (primary N) is 1. The van der Waals surface area contributed by atoms with Crippen molar-refractivity contribution in [2.24, 2.45) is 5.73 Å². The third-order valence-electron chi connectivity index (χ3n) is 4.49. The molecule has 0 aromatic rings. The van der Waals surface area contributed by atoms with Crippen molar-refractivity contribution < 1.29 is 14.3 Å². The van der Waals surface area contributed by atoms with Gasteiger partial charge in [0.15, 0.2) is 0 Å². The Morgan fingerprint density at radius 3 is 2.61 bits per heavy atom. The second-order valence-electron chi connectivity index (χ2n) is 6.22. The minimum Gasteiger partial charge on any atom is -0.378 e. The highest BCUT2D eigenvalue weighted by molar-refractivity contribution is 5.85. The smallest absolute Gasteiger partial charge is 0.242 e. The van der Waals surface area contributed by atoms with E-state index < -0.39 is 0 Å². The number of hydrogen-bond donors (Lipinski definition) is 1. The lowest BCUT2D eigenvalue weighted by atomic mass is 10.1. The van der Waals surface area contributed by atoms with Crippen LogP contribution in [0, 0.1) is 0 Å². The Morgan fingerprint density at radius 1 is 1.17 bits per heavy atom. The molecule has 0 aromatic heterocycles. The SMILES string of the molecule is Cl.NCCCOC1CCN(C(=O)CN2CCCCCC2=O)CC1. The summed E-state index contributed by atoms with van der Waals surface area (Å²) in [4.78, 5) is 27.9. The van der Waals surface area contributed by atoms with Gasteiger partial charge in [0.25, 0.3) is 0 Å². The molecular formula is C16H30ClN3O3. The lowest BCUT2D eigenvalue weighted by Gasteiger charge is -2.33. The van der Waals surface area contributed by atoms with Gasteiger partial charge < -0.3 is 20.3 Å². The maximum absolute atomic E-state index is 12.4. The largest absolute Gasteiger partial charge is 0.378 e. The molecule has 0 saturated carbocycles. The number of likely N-dealkylation sites (tertiary alicyclic amines) is 2. The van der Waals surface area contributed by atoms with Crippen LogP contribution in [-0.4, -0.2) is 67.0 Å². The van der Waals surface area contributed by atoms with Gasteiger partial charge in [0, 0.05) is 32.7 Å². The number of nitrogens with zero attached hydrogens (tertiary/aromatic N) is 2. The molecule has 0 aromatic carbocycles. The van der Waals surface area contributed by atoms with Crippen molar-refractivity contribution in [3.63, 3.8) is 0 Å². The molecule has 6 nitrogen and oxygen atoms in total. The first kappa shape index (κ1) is 20.2. The van der Waals surface area contributed by atoms with Gasteiger partial charge in [0.2, 0.25) is 11.8 Å². The molecule has 2 heterocycles. The maximum Gasteiger partial charge on any atom is 0.242 e. The predicted octanol–water partition coefficient (Wildman–Crippen LogP) is 1.17. The van der Waals surface area contributed by atoms with Crippen LogP contribution in [0.3, 0.4) is 0 Å². The van der Waals surface area contributed by atoms with Gasteiger partial charge in [-0.2, -0.15) is 0 Å². The first-order chi connectivity index (χ1) is 10.7. The zero-order valence-corrected chi connectivity index (χ0v) is 14.7. The van der Waals surface area contributed by atoms with Crippen LogP contribution in [0.2, 0.25) is 0 Å². The summed E-state index contributed by atoms with van der Waals surface area (Å²) in [7, 11) is 0. The van der Waals surface area contributed by atoms with Crippen molar-refractivity contribution in [1.82, 2.24) is 9.80 Å². The van der Waals surface area contributed by atoms with E-state index >= 15 is 0 Å². The summed E-state index contributed by atoms with van der Waals surface area (Å²) < 4.78 is 5.75. The molecule has 7 heteroatoms. The molecule has 2 aliphatic heterocycles. The number of rotatable bonds is 6. The molecule has 0 spiro atoms. The van der Waals surface area contributed by atoms with E-state index in [4.69, 9.17) is 10.5 Å². The minimum absolute atomic E-state index is 0. The number of halogens is 1. The van der Waals surface area contributed by atoms with Crippen molar-refractivity contribution >= 4 is 24.2 Å². The van der Waals surface area contributed by atoms with Crippen LogP contribution in [0.15, 0.2) is 0 Å². The molecule has 2 aliphatic rings. The summed E-state index contributed by atoms with van der Waals surface area (Å²) in [5.74, 6) is 0.210. The molecule has 2 N–H and O–H groups in total. The fraction of sp³-hybridized carbons (Fsp3) is 0.875. The second-order valence-corrected chi connectivity index (χ2v) is 6.22. The Hall–Kier alpha value is -0.850. The van der Waals surface area contributed by atoms with E-state index in [-0.39, 0.29) is 36.9 Å². The number of piperidine rings is 1. The molecule has 0 radical (unpaired) electrons. The quantitative estimate of drug-likeness (QED) is 0.732. The van der Waals surface area contributed by atoms with Crippen molar-refractivity contribution in [2.75, 3.05) is 39.3 Å². The molecule has 0 atom stereocenters. The van der Waals surface area contributed by atoms with Gasteiger partial charge in [0.1, 0.15) is 0 Å². The van der Waals surface area contributed by atoms with Crippen molar-refractivity contribution in [2.45, 2.75) is 51.0 Å². The first-order valence-corrected chi connectivity index (χ1v) is 8.58. The van der Waals surface area contributed by atoms with Crippen LogP contribution < -0.4 is 5.73 Å². The Kier molecular flexibility index (Phi) is 9.52. The van der Waals surface area contributed by atoms with Gasteiger partial charge in [-0.3, -0.25) is 9.59 Å². The molecule has 23 heavy (non-hydrogen) atoms. The van der Waals surface area contributed by atoms with Gasteiger partial charge in [0.05, 0.1) is 12.6 Å². The van der Waals surface area contributed by atoms with E-state index in [2.05, 4.69) is 0 Å². The molecule has 0 aliphatic carbocycles. The molecule has 0 unspecified atom stereocenters. The topological polar surface area (TPSA) is 75.9 Å². The van der Waals surface area contributed by atoms with Gasteiger partial charge >= 0.3 is 0 Å². The number of carbonyl (C=O) groups is 2. The Labute approximate surface area is 145 Å². The number of amides is 2. The van der Waals surface area contributed by atoms with E-state index in [9.17, 15) is 9.59 Å². The van der Waals surface area contributed by atoms with Gasteiger partial charge in [-0.05, 0) is 38.6 Å².